The van der Waals surface area contributed by atoms with Crippen molar-refractivity contribution in [2.24, 2.45) is 0 Å². The fraction of sp³-hybridized carbons (Fsp3) is 0.250. The van der Waals surface area contributed by atoms with E-state index in [1.165, 1.54) is 0 Å². The number of hydrogen-bond acceptors (Lipinski definition) is 1. The average molecular weight is 230 g/mol. The van der Waals surface area contributed by atoms with E-state index in [1.54, 1.807) is 0 Å². The summed E-state index contributed by atoms with van der Waals surface area (Å²) in [4.78, 5) is 0. The van der Waals surface area contributed by atoms with Crippen LogP contribution in [0.1, 0.15) is 27.7 Å². The first kappa shape index (κ1) is 15.2. The molecule has 0 N–H and O–H groups in total. The normalized spacial score (nSPS) is 14.8. The van der Waals surface area contributed by atoms with Crippen molar-refractivity contribution in [1.82, 2.24) is 0 Å². The van der Waals surface area contributed by atoms with Crippen molar-refractivity contribution in [3.05, 3.63) is 72.3 Å². The number of ether oxygens (including phenoxy) is 1. The number of hydrogen-bond donors (Lipinski definition) is 0. The van der Waals surface area contributed by atoms with Gasteiger partial charge < -0.3 is 4.74 Å². The molecule has 0 saturated heterocycles. The van der Waals surface area contributed by atoms with Crippen molar-refractivity contribution < 1.29 is 4.74 Å². The summed E-state index contributed by atoms with van der Waals surface area (Å²) in [5, 5.41) is 0. The molecule has 0 atom stereocenters. The monoisotopic (exact) mass is 230 g/mol. The predicted molar refractivity (Wildman–Crippen MR) is 76.5 cm³/mol. The van der Waals surface area contributed by atoms with Gasteiger partial charge in [0.15, 0.2) is 0 Å². The molecule has 0 amide bonds. The van der Waals surface area contributed by atoms with Gasteiger partial charge in [-0.15, -0.1) is 0 Å². The van der Waals surface area contributed by atoms with E-state index in [0.717, 1.165) is 11.5 Å². The summed E-state index contributed by atoms with van der Waals surface area (Å²) in [5.74, 6) is 1.64. The molecule has 0 heterocycles. The summed E-state index contributed by atoms with van der Waals surface area (Å²) in [6, 6.07) is 0. The van der Waals surface area contributed by atoms with Crippen molar-refractivity contribution in [2.75, 3.05) is 0 Å². The summed E-state index contributed by atoms with van der Waals surface area (Å²) in [5.41, 5.74) is 0. The van der Waals surface area contributed by atoms with E-state index in [-0.39, 0.29) is 0 Å². The number of allylic oxidation sites excluding steroid dienone is 10. The second-order valence-electron chi connectivity index (χ2n) is 3.29. The minimum atomic E-state index is 0.819. The van der Waals surface area contributed by atoms with Crippen molar-refractivity contribution in [1.29, 1.82) is 0 Å². The molecule has 0 unspecified atom stereocenters. The van der Waals surface area contributed by atoms with E-state index < -0.39 is 0 Å². The van der Waals surface area contributed by atoms with E-state index in [4.69, 9.17) is 4.74 Å². The topological polar surface area (TPSA) is 9.23 Å². The van der Waals surface area contributed by atoms with E-state index in [9.17, 15) is 0 Å². The maximum absolute atomic E-state index is 5.78. The largest absolute Gasteiger partial charge is 0.457 e. The standard InChI is InChI=1S/C16H22O/c1-5-9-13-15(11-7-3)17-16(12-8-4)14-10-6-2/h5-14H,1-4H3. The van der Waals surface area contributed by atoms with Crippen molar-refractivity contribution in [3.8, 4) is 0 Å². The molecule has 0 bridgehead atoms. The van der Waals surface area contributed by atoms with E-state index in [2.05, 4.69) is 0 Å². The van der Waals surface area contributed by atoms with Gasteiger partial charge in [0.05, 0.1) is 0 Å². The number of rotatable bonds is 6. The minimum absolute atomic E-state index is 0.819. The Bertz CT molecular complexity index is 327. The third-order valence-electron chi connectivity index (χ3n) is 1.80. The van der Waals surface area contributed by atoms with E-state index in [1.807, 2.05) is 88.5 Å². The molecular formula is C16H22O. The molecule has 0 spiro atoms. The van der Waals surface area contributed by atoms with Crippen molar-refractivity contribution in [2.45, 2.75) is 27.7 Å². The van der Waals surface area contributed by atoms with Gasteiger partial charge in [-0.2, -0.15) is 0 Å². The highest BCUT2D eigenvalue weighted by atomic mass is 16.5. The van der Waals surface area contributed by atoms with Crippen LogP contribution in [0.25, 0.3) is 0 Å². The van der Waals surface area contributed by atoms with Gasteiger partial charge in [-0.3, -0.25) is 0 Å². The molecule has 0 aliphatic carbocycles. The summed E-state index contributed by atoms with van der Waals surface area (Å²) in [7, 11) is 0. The Morgan fingerprint density at radius 1 is 0.647 bits per heavy atom. The van der Waals surface area contributed by atoms with Crippen LogP contribution in [0.3, 0.4) is 0 Å². The third kappa shape index (κ3) is 8.09. The van der Waals surface area contributed by atoms with Crippen LogP contribution in [0.2, 0.25) is 0 Å². The highest BCUT2D eigenvalue weighted by Gasteiger charge is 1.95. The zero-order valence-corrected chi connectivity index (χ0v) is 11.2. The fourth-order valence-electron chi connectivity index (χ4n) is 1.09. The molecule has 0 aromatic rings. The second kappa shape index (κ2) is 10.7. The van der Waals surface area contributed by atoms with Crippen molar-refractivity contribution >= 4 is 0 Å². The first-order chi connectivity index (χ1) is 8.28. The van der Waals surface area contributed by atoms with Crippen LogP contribution in [0.5, 0.6) is 0 Å². The Morgan fingerprint density at radius 2 is 1.06 bits per heavy atom. The smallest absolute Gasteiger partial charge is 0.127 e. The van der Waals surface area contributed by atoms with Gasteiger partial charge in [0.25, 0.3) is 0 Å². The van der Waals surface area contributed by atoms with Crippen LogP contribution in [0, 0.1) is 0 Å². The maximum atomic E-state index is 5.78. The fourth-order valence-corrected chi connectivity index (χ4v) is 1.09. The summed E-state index contributed by atoms with van der Waals surface area (Å²) < 4.78 is 5.78. The summed E-state index contributed by atoms with van der Waals surface area (Å²) in [6.45, 7) is 7.90. The Kier molecular flexibility index (Phi) is 9.64. The molecule has 1 nitrogen and oxygen atoms in total. The first-order valence-corrected chi connectivity index (χ1v) is 5.87. The minimum Gasteiger partial charge on any atom is -0.457 e. The SMILES string of the molecule is CC=CC=C(C=CC)OC(C=CC)=CC=CC. The van der Waals surface area contributed by atoms with Crippen LogP contribution in [0.4, 0.5) is 0 Å². The molecule has 0 fully saturated rings. The molecule has 17 heavy (non-hydrogen) atoms. The average Bonchev–Trinajstić information content (AvgIpc) is 2.33. The highest BCUT2D eigenvalue weighted by molar-refractivity contribution is 5.25. The van der Waals surface area contributed by atoms with Gasteiger partial charge in [-0.1, -0.05) is 36.5 Å². The van der Waals surface area contributed by atoms with Gasteiger partial charge in [-0.25, -0.2) is 0 Å². The maximum Gasteiger partial charge on any atom is 0.127 e. The van der Waals surface area contributed by atoms with Crippen LogP contribution in [-0.4, -0.2) is 0 Å². The third-order valence-corrected chi connectivity index (χ3v) is 1.80. The Morgan fingerprint density at radius 3 is 1.35 bits per heavy atom. The zero-order chi connectivity index (χ0) is 12.9. The van der Waals surface area contributed by atoms with Crippen LogP contribution in [0.15, 0.2) is 72.3 Å². The molecule has 0 aromatic heterocycles. The van der Waals surface area contributed by atoms with Gasteiger partial charge in [-0.05, 0) is 52.0 Å². The predicted octanol–water partition coefficient (Wildman–Crippen LogP) is 5.08. The molecule has 0 aromatic carbocycles. The van der Waals surface area contributed by atoms with Crippen LogP contribution >= 0.6 is 0 Å². The molecule has 0 aliphatic heterocycles. The van der Waals surface area contributed by atoms with Crippen molar-refractivity contribution in [3.63, 3.8) is 0 Å². The van der Waals surface area contributed by atoms with Gasteiger partial charge in [0.1, 0.15) is 11.5 Å². The molecule has 0 rings (SSSR count). The van der Waals surface area contributed by atoms with Gasteiger partial charge in [0.2, 0.25) is 0 Å². The molecule has 1 heteroatoms. The lowest BCUT2D eigenvalue weighted by Gasteiger charge is -2.06. The van der Waals surface area contributed by atoms with E-state index >= 15 is 0 Å². The zero-order valence-electron chi connectivity index (χ0n) is 11.2. The second-order valence-corrected chi connectivity index (χ2v) is 3.29. The molecule has 0 aliphatic rings. The first-order valence-electron chi connectivity index (χ1n) is 5.87. The molecular weight excluding hydrogens is 208 g/mol. The quantitative estimate of drug-likeness (QED) is 0.457. The lowest BCUT2D eigenvalue weighted by atomic mass is 10.3. The Hall–Kier alpha value is -1.76. The lowest BCUT2D eigenvalue weighted by molar-refractivity contribution is 0.336. The lowest BCUT2D eigenvalue weighted by Crippen LogP contribution is -1.88. The Labute approximate surface area is 105 Å². The molecule has 92 valence electrons. The molecule has 0 saturated carbocycles. The summed E-state index contributed by atoms with van der Waals surface area (Å²) in [6.07, 6.45) is 19.5. The summed E-state index contributed by atoms with van der Waals surface area (Å²) >= 11 is 0. The van der Waals surface area contributed by atoms with Gasteiger partial charge >= 0.3 is 0 Å². The Balaban J connectivity index is 4.92. The molecule has 0 radical (unpaired) electrons. The van der Waals surface area contributed by atoms with E-state index in [0.29, 0.717) is 0 Å². The van der Waals surface area contributed by atoms with Crippen LogP contribution < -0.4 is 0 Å². The van der Waals surface area contributed by atoms with Gasteiger partial charge in [0, 0.05) is 0 Å². The van der Waals surface area contributed by atoms with Crippen LogP contribution in [-0.2, 0) is 4.74 Å². The highest BCUT2D eigenvalue weighted by Crippen LogP contribution is 2.10.